The Balaban J connectivity index is 1.98. The normalized spacial score (nSPS) is 17.7. The van der Waals surface area contributed by atoms with Gasteiger partial charge in [-0.2, -0.15) is 0 Å². The molecule has 0 spiro atoms. The molecule has 8 heteroatoms. The second-order valence-corrected chi connectivity index (χ2v) is 8.44. The number of aryl methyl sites for hydroxylation is 1. The number of carbonyl (C=O) groups is 3. The van der Waals surface area contributed by atoms with E-state index in [0.29, 0.717) is 15.6 Å². The standard InChI is InChI=1S/C20H24N2O4S2/c1-4-13(3)17(19(25)26)21-16(23)9-10-22-18(24)15(28-20(22)27)11-14-7-5-12(2)6-8-14/h5-8,11,13,17H,4,9-10H2,1-3H3,(H,21,23)(H,25,26)/b15-11+/t13-,17-/m0/s1. The topological polar surface area (TPSA) is 86.7 Å². The minimum atomic E-state index is -1.06. The number of thioether (sulfide) groups is 1. The molecule has 2 rings (SSSR count). The van der Waals surface area contributed by atoms with Crippen LogP contribution in [0.15, 0.2) is 29.2 Å². The van der Waals surface area contributed by atoms with Crippen LogP contribution in [0.5, 0.6) is 0 Å². The molecule has 150 valence electrons. The van der Waals surface area contributed by atoms with Crippen LogP contribution in [0.4, 0.5) is 0 Å². The van der Waals surface area contributed by atoms with E-state index in [9.17, 15) is 19.5 Å². The number of thiocarbonyl (C=S) groups is 1. The van der Waals surface area contributed by atoms with Crippen molar-refractivity contribution < 1.29 is 19.5 Å². The van der Waals surface area contributed by atoms with Gasteiger partial charge in [0.2, 0.25) is 5.91 Å². The van der Waals surface area contributed by atoms with Gasteiger partial charge in [0.15, 0.2) is 0 Å². The van der Waals surface area contributed by atoms with Gasteiger partial charge in [0.05, 0.1) is 4.91 Å². The van der Waals surface area contributed by atoms with Crippen molar-refractivity contribution in [1.82, 2.24) is 10.2 Å². The zero-order valence-corrected chi connectivity index (χ0v) is 17.7. The molecule has 6 nitrogen and oxygen atoms in total. The summed E-state index contributed by atoms with van der Waals surface area (Å²) in [5, 5.41) is 11.8. The number of benzene rings is 1. The summed E-state index contributed by atoms with van der Waals surface area (Å²) in [6.45, 7) is 5.75. The Morgan fingerprint density at radius 3 is 2.54 bits per heavy atom. The third-order valence-corrected chi connectivity index (χ3v) is 5.98. The number of rotatable bonds is 8. The average Bonchev–Trinajstić information content (AvgIpc) is 2.92. The van der Waals surface area contributed by atoms with Gasteiger partial charge < -0.3 is 10.4 Å². The van der Waals surface area contributed by atoms with Crippen molar-refractivity contribution in [3.63, 3.8) is 0 Å². The van der Waals surface area contributed by atoms with E-state index in [2.05, 4.69) is 5.32 Å². The van der Waals surface area contributed by atoms with Crippen LogP contribution < -0.4 is 5.32 Å². The van der Waals surface area contributed by atoms with E-state index in [1.165, 1.54) is 16.7 Å². The van der Waals surface area contributed by atoms with Crippen LogP contribution in [0.2, 0.25) is 0 Å². The number of carboxylic acids is 1. The molecule has 2 N–H and O–H groups in total. The largest absolute Gasteiger partial charge is 0.480 e. The average molecular weight is 421 g/mol. The van der Waals surface area contributed by atoms with E-state index in [1.54, 1.807) is 13.0 Å². The van der Waals surface area contributed by atoms with E-state index >= 15 is 0 Å². The molecule has 0 saturated carbocycles. The van der Waals surface area contributed by atoms with E-state index in [1.807, 2.05) is 38.1 Å². The molecule has 2 amide bonds. The number of carbonyl (C=O) groups excluding carboxylic acids is 2. The first kappa shape index (κ1) is 22.1. The molecule has 0 unspecified atom stereocenters. The SMILES string of the molecule is CC[C@H](C)[C@H](NC(=O)CCN1C(=O)/C(=C\c2ccc(C)cc2)SC1=S)C(=O)O. The van der Waals surface area contributed by atoms with Crippen molar-refractivity contribution in [3.8, 4) is 0 Å². The fraction of sp³-hybridized carbons (Fsp3) is 0.400. The monoisotopic (exact) mass is 420 g/mol. The van der Waals surface area contributed by atoms with Gasteiger partial charge in [0.1, 0.15) is 10.4 Å². The maximum absolute atomic E-state index is 12.6. The van der Waals surface area contributed by atoms with Crippen LogP contribution in [0.25, 0.3) is 6.08 Å². The first-order chi connectivity index (χ1) is 13.2. The second kappa shape index (κ2) is 9.84. The maximum atomic E-state index is 12.6. The maximum Gasteiger partial charge on any atom is 0.326 e. The Kier molecular flexibility index (Phi) is 7.77. The van der Waals surface area contributed by atoms with Crippen LogP contribution >= 0.6 is 24.0 Å². The van der Waals surface area contributed by atoms with Gasteiger partial charge in [0.25, 0.3) is 5.91 Å². The minimum absolute atomic E-state index is 0.00946. The molecule has 1 saturated heterocycles. The summed E-state index contributed by atoms with van der Waals surface area (Å²) in [6.07, 6.45) is 2.41. The molecule has 1 fully saturated rings. The zero-order chi connectivity index (χ0) is 20.8. The summed E-state index contributed by atoms with van der Waals surface area (Å²) < 4.78 is 0.396. The number of nitrogens with one attached hydrogen (secondary N) is 1. The van der Waals surface area contributed by atoms with Crippen molar-refractivity contribution in [2.75, 3.05) is 6.54 Å². The lowest BCUT2D eigenvalue weighted by molar-refractivity contribution is -0.143. The molecule has 1 aromatic carbocycles. The van der Waals surface area contributed by atoms with E-state index in [4.69, 9.17) is 12.2 Å². The van der Waals surface area contributed by atoms with Gasteiger partial charge in [-0.25, -0.2) is 4.79 Å². The molecule has 0 radical (unpaired) electrons. The summed E-state index contributed by atoms with van der Waals surface area (Å²) in [7, 11) is 0. The summed E-state index contributed by atoms with van der Waals surface area (Å²) in [4.78, 5) is 38.0. The summed E-state index contributed by atoms with van der Waals surface area (Å²) in [5.74, 6) is -1.89. The molecular weight excluding hydrogens is 396 g/mol. The van der Waals surface area contributed by atoms with E-state index in [0.717, 1.165) is 11.1 Å². The summed E-state index contributed by atoms with van der Waals surface area (Å²) in [5.41, 5.74) is 2.04. The third-order valence-electron chi connectivity index (χ3n) is 4.61. The van der Waals surface area contributed by atoms with Gasteiger partial charge in [-0.3, -0.25) is 14.5 Å². The number of hydrogen-bond donors (Lipinski definition) is 2. The number of nitrogens with zero attached hydrogens (tertiary/aromatic N) is 1. The van der Waals surface area contributed by atoms with Crippen molar-refractivity contribution in [2.45, 2.75) is 39.7 Å². The number of amides is 2. The minimum Gasteiger partial charge on any atom is -0.480 e. The molecule has 1 aliphatic heterocycles. The fourth-order valence-corrected chi connectivity index (χ4v) is 3.96. The van der Waals surface area contributed by atoms with Gasteiger partial charge in [-0.05, 0) is 24.5 Å². The summed E-state index contributed by atoms with van der Waals surface area (Å²) in [6, 6.07) is 6.84. The predicted octanol–water partition coefficient (Wildman–Crippen LogP) is 3.20. The highest BCUT2D eigenvalue weighted by atomic mass is 32.2. The molecule has 1 heterocycles. The number of hydrogen-bond acceptors (Lipinski definition) is 5. The lowest BCUT2D eigenvalue weighted by atomic mass is 9.99. The first-order valence-electron chi connectivity index (χ1n) is 9.07. The van der Waals surface area contributed by atoms with Crippen LogP contribution in [-0.2, 0) is 14.4 Å². The highest BCUT2D eigenvalue weighted by Crippen LogP contribution is 2.32. The Hall–Kier alpha value is -2.19. The van der Waals surface area contributed by atoms with Crippen LogP contribution in [0, 0.1) is 12.8 Å². The third kappa shape index (κ3) is 5.65. The number of aliphatic carboxylic acids is 1. The molecular formula is C20H24N2O4S2. The second-order valence-electron chi connectivity index (χ2n) is 6.76. The van der Waals surface area contributed by atoms with Gasteiger partial charge >= 0.3 is 5.97 Å². The molecule has 28 heavy (non-hydrogen) atoms. The van der Waals surface area contributed by atoms with Crippen LogP contribution in [0.1, 0.15) is 37.8 Å². The predicted molar refractivity (Wildman–Crippen MR) is 115 cm³/mol. The molecule has 0 bridgehead atoms. The van der Waals surface area contributed by atoms with E-state index in [-0.39, 0.29) is 24.8 Å². The Morgan fingerprint density at radius 1 is 1.32 bits per heavy atom. The van der Waals surface area contributed by atoms with Crippen molar-refractivity contribution >= 4 is 52.2 Å². The first-order valence-corrected chi connectivity index (χ1v) is 10.3. The highest BCUT2D eigenvalue weighted by molar-refractivity contribution is 8.26. The van der Waals surface area contributed by atoms with Gasteiger partial charge in [-0.15, -0.1) is 0 Å². The fourth-order valence-electron chi connectivity index (χ4n) is 2.65. The van der Waals surface area contributed by atoms with Crippen LogP contribution in [-0.4, -0.2) is 44.7 Å². The molecule has 2 atom stereocenters. The molecule has 1 aromatic rings. The summed E-state index contributed by atoms with van der Waals surface area (Å²) >= 11 is 6.48. The smallest absolute Gasteiger partial charge is 0.326 e. The Morgan fingerprint density at radius 2 is 1.96 bits per heavy atom. The Labute approximate surface area is 174 Å². The van der Waals surface area contributed by atoms with Crippen molar-refractivity contribution in [2.24, 2.45) is 5.92 Å². The zero-order valence-electron chi connectivity index (χ0n) is 16.1. The lowest BCUT2D eigenvalue weighted by Gasteiger charge is -2.21. The van der Waals surface area contributed by atoms with Gasteiger partial charge in [0, 0.05) is 13.0 Å². The lowest BCUT2D eigenvalue weighted by Crippen LogP contribution is -2.46. The van der Waals surface area contributed by atoms with Crippen molar-refractivity contribution in [1.29, 1.82) is 0 Å². The Bertz CT molecular complexity index is 805. The molecule has 1 aliphatic rings. The van der Waals surface area contributed by atoms with E-state index < -0.39 is 17.9 Å². The van der Waals surface area contributed by atoms with Crippen LogP contribution in [0.3, 0.4) is 0 Å². The highest BCUT2D eigenvalue weighted by Gasteiger charge is 2.32. The quantitative estimate of drug-likeness (QED) is 0.496. The van der Waals surface area contributed by atoms with Gasteiger partial charge in [-0.1, -0.05) is 74.1 Å². The van der Waals surface area contributed by atoms with Crippen molar-refractivity contribution in [3.05, 3.63) is 40.3 Å². The molecule has 0 aromatic heterocycles. The number of carboxylic acid groups (broad SMARTS) is 1. The molecule has 0 aliphatic carbocycles.